The lowest BCUT2D eigenvalue weighted by molar-refractivity contribution is -0.126. The first-order valence-corrected chi connectivity index (χ1v) is 6.15. The highest BCUT2D eigenvalue weighted by Crippen LogP contribution is 2.21. The van der Waals surface area contributed by atoms with Gasteiger partial charge in [-0.05, 0) is 34.1 Å². The van der Waals surface area contributed by atoms with Crippen molar-refractivity contribution in [1.82, 2.24) is 4.90 Å². The van der Waals surface area contributed by atoms with Gasteiger partial charge in [-0.3, -0.25) is 4.79 Å². The van der Waals surface area contributed by atoms with E-state index in [1.807, 2.05) is 18.2 Å². The molecule has 0 aromatic heterocycles. The van der Waals surface area contributed by atoms with Gasteiger partial charge in [0, 0.05) is 29.8 Å². The third-order valence-corrected chi connectivity index (χ3v) is 3.05. The summed E-state index contributed by atoms with van der Waals surface area (Å²) < 4.78 is 0.812. The van der Waals surface area contributed by atoms with Gasteiger partial charge in [-0.1, -0.05) is 12.2 Å². The first kappa shape index (κ1) is 13.9. The molecule has 6 heteroatoms. The molecule has 17 heavy (non-hydrogen) atoms. The molecule has 0 aliphatic rings. The fourth-order valence-corrected chi connectivity index (χ4v) is 2.06. The SMILES string of the molecule is CN(C)C(=O)CNc1ccc(C(N)=S)c(Br)c1. The molecule has 0 radical (unpaired) electrons. The van der Waals surface area contributed by atoms with E-state index in [-0.39, 0.29) is 12.5 Å². The van der Waals surface area contributed by atoms with E-state index < -0.39 is 0 Å². The van der Waals surface area contributed by atoms with Crippen molar-refractivity contribution in [2.45, 2.75) is 0 Å². The van der Waals surface area contributed by atoms with Gasteiger partial charge in [0.25, 0.3) is 0 Å². The summed E-state index contributed by atoms with van der Waals surface area (Å²) in [6, 6.07) is 5.49. The lowest BCUT2D eigenvalue weighted by Crippen LogP contribution is -2.28. The standard InChI is InChI=1S/C11H14BrN3OS/c1-15(2)10(16)6-14-7-3-4-8(11(13)17)9(12)5-7/h3-5,14H,6H2,1-2H3,(H2,13,17). The second-order valence-electron chi connectivity index (χ2n) is 3.70. The van der Waals surface area contributed by atoms with E-state index in [1.165, 1.54) is 4.90 Å². The van der Waals surface area contributed by atoms with Crippen LogP contribution in [0.4, 0.5) is 5.69 Å². The summed E-state index contributed by atoms with van der Waals surface area (Å²) in [5, 5.41) is 3.03. The van der Waals surface area contributed by atoms with Crippen LogP contribution in [0.5, 0.6) is 0 Å². The summed E-state index contributed by atoms with van der Waals surface area (Å²) in [5.41, 5.74) is 7.17. The highest BCUT2D eigenvalue weighted by molar-refractivity contribution is 9.10. The maximum atomic E-state index is 11.4. The predicted molar refractivity (Wildman–Crippen MR) is 77.2 cm³/mol. The van der Waals surface area contributed by atoms with Crippen molar-refractivity contribution in [3.05, 3.63) is 28.2 Å². The van der Waals surface area contributed by atoms with Gasteiger partial charge in [-0.15, -0.1) is 0 Å². The molecular formula is C11H14BrN3OS. The Morgan fingerprint density at radius 3 is 2.65 bits per heavy atom. The van der Waals surface area contributed by atoms with Crippen LogP contribution in [0.15, 0.2) is 22.7 Å². The molecule has 1 aromatic carbocycles. The van der Waals surface area contributed by atoms with Crippen LogP contribution < -0.4 is 11.1 Å². The molecule has 0 saturated carbocycles. The Morgan fingerprint density at radius 2 is 2.18 bits per heavy atom. The number of anilines is 1. The second-order valence-corrected chi connectivity index (χ2v) is 4.99. The van der Waals surface area contributed by atoms with Gasteiger partial charge in [-0.25, -0.2) is 0 Å². The number of likely N-dealkylation sites (N-methyl/N-ethyl adjacent to an activating group) is 1. The van der Waals surface area contributed by atoms with Crippen molar-refractivity contribution in [3.8, 4) is 0 Å². The Balaban J connectivity index is 2.71. The molecule has 0 atom stereocenters. The lowest BCUT2D eigenvalue weighted by Gasteiger charge is -2.12. The summed E-state index contributed by atoms with van der Waals surface area (Å²) in [5.74, 6) is 0.0135. The van der Waals surface area contributed by atoms with Gasteiger partial charge in [0.2, 0.25) is 5.91 Å². The zero-order valence-corrected chi connectivity index (χ0v) is 12.1. The minimum atomic E-state index is 0.0135. The van der Waals surface area contributed by atoms with E-state index in [2.05, 4.69) is 21.2 Å². The molecule has 0 bridgehead atoms. The van der Waals surface area contributed by atoms with Gasteiger partial charge >= 0.3 is 0 Å². The number of carbonyl (C=O) groups is 1. The van der Waals surface area contributed by atoms with E-state index in [4.69, 9.17) is 18.0 Å². The van der Waals surface area contributed by atoms with Gasteiger partial charge in [0.05, 0.1) is 6.54 Å². The van der Waals surface area contributed by atoms with E-state index in [9.17, 15) is 4.79 Å². The number of benzene rings is 1. The molecule has 4 nitrogen and oxygen atoms in total. The molecular weight excluding hydrogens is 302 g/mol. The third kappa shape index (κ3) is 3.98. The monoisotopic (exact) mass is 315 g/mol. The number of halogens is 1. The molecule has 1 rings (SSSR count). The third-order valence-electron chi connectivity index (χ3n) is 2.18. The van der Waals surface area contributed by atoms with Crippen molar-refractivity contribution in [2.24, 2.45) is 5.73 Å². The van der Waals surface area contributed by atoms with E-state index in [0.717, 1.165) is 15.7 Å². The Morgan fingerprint density at radius 1 is 1.53 bits per heavy atom. The number of nitrogens with two attached hydrogens (primary N) is 1. The minimum absolute atomic E-state index is 0.0135. The van der Waals surface area contributed by atoms with Crippen LogP contribution in [-0.2, 0) is 4.79 Å². The lowest BCUT2D eigenvalue weighted by atomic mass is 10.2. The van der Waals surface area contributed by atoms with E-state index >= 15 is 0 Å². The van der Waals surface area contributed by atoms with Crippen molar-refractivity contribution >= 4 is 44.7 Å². The van der Waals surface area contributed by atoms with Crippen LogP contribution in [0.25, 0.3) is 0 Å². The molecule has 0 fully saturated rings. The highest BCUT2D eigenvalue weighted by atomic mass is 79.9. The van der Waals surface area contributed by atoms with Crippen molar-refractivity contribution < 1.29 is 4.79 Å². The van der Waals surface area contributed by atoms with Gasteiger partial charge in [-0.2, -0.15) is 0 Å². The van der Waals surface area contributed by atoms with Crippen molar-refractivity contribution in [3.63, 3.8) is 0 Å². The fourth-order valence-electron chi connectivity index (χ4n) is 1.16. The number of thiocarbonyl (C=S) groups is 1. The number of carbonyl (C=O) groups excluding carboxylic acids is 1. The minimum Gasteiger partial charge on any atom is -0.389 e. The van der Waals surface area contributed by atoms with Crippen molar-refractivity contribution in [1.29, 1.82) is 0 Å². The Kier molecular flexibility index (Phi) is 4.89. The summed E-state index contributed by atoms with van der Waals surface area (Å²) in [7, 11) is 3.44. The number of nitrogens with one attached hydrogen (secondary N) is 1. The molecule has 0 saturated heterocycles. The van der Waals surface area contributed by atoms with Gasteiger partial charge < -0.3 is 16.0 Å². The average Bonchev–Trinajstić information content (AvgIpc) is 2.25. The molecule has 0 aliphatic carbocycles. The Bertz CT molecular complexity index is 448. The molecule has 0 heterocycles. The van der Waals surface area contributed by atoms with Crippen LogP contribution in [-0.4, -0.2) is 36.4 Å². The Labute approximate surface area is 114 Å². The molecule has 0 aliphatic heterocycles. The first-order valence-electron chi connectivity index (χ1n) is 4.95. The zero-order valence-electron chi connectivity index (χ0n) is 9.66. The van der Waals surface area contributed by atoms with E-state index in [1.54, 1.807) is 14.1 Å². The molecule has 92 valence electrons. The number of nitrogens with zero attached hydrogens (tertiary/aromatic N) is 1. The molecule has 0 unspecified atom stereocenters. The number of hydrogen-bond acceptors (Lipinski definition) is 3. The molecule has 0 spiro atoms. The van der Waals surface area contributed by atoms with Crippen molar-refractivity contribution in [2.75, 3.05) is 26.0 Å². The average molecular weight is 316 g/mol. The number of hydrogen-bond donors (Lipinski definition) is 2. The van der Waals surface area contributed by atoms with Crippen LogP contribution in [0.3, 0.4) is 0 Å². The first-order chi connectivity index (χ1) is 7.91. The maximum absolute atomic E-state index is 11.4. The zero-order chi connectivity index (χ0) is 13.0. The molecule has 3 N–H and O–H groups in total. The van der Waals surface area contributed by atoms with Crippen LogP contribution in [0, 0.1) is 0 Å². The molecule has 1 amide bonds. The number of amides is 1. The van der Waals surface area contributed by atoms with Crippen LogP contribution >= 0.6 is 28.1 Å². The Hall–Kier alpha value is -1.14. The topological polar surface area (TPSA) is 58.4 Å². The summed E-state index contributed by atoms with van der Waals surface area (Å²) in [4.78, 5) is 13.3. The smallest absolute Gasteiger partial charge is 0.241 e. The predicted octanol–water partition coefficient (Wildman–Crippen LogP) is 1.58. The molecule has 1 aromatic rings. The second kappa shape index (κ2) is 5.97. The quantitative estimate of drug-likeness (QED) is 0.828. The largest absolute Gasteiger partial charge is 0.389 e. The maximum Gasteiger partial charge on any atom is 0.241 e. The highest BCUT2D eigenvalue weighted by Gasteiger charge is 2.06. The van der Waals surface area contributed by atoms with Crippen LogP contribution in [0.2, 0.25) is 0 Å². The van der Waals surface area contributed by atoms with Gasteiger partial charge in [0.15, 0.2) is 0 Å². The summed E-state index contributed by atoms with van der Waals surface area (Å²) >= 11 is 8.28. The summed E-state index contributed by atoms with van der Waals surface area (Å²) in [6.07, 6.45) is 0. The fraction of sp³-hybridized carbons (Fsp3) is 0.273. The number of rotatable bonds is 4. The normalized spacial score (nSPS) is 9.82. The van der Waals surface area contributed by atoms with E-state index in [0.29, 0.717) is 4.99 Å². The van der Waals surface area contributed by atoms with Gasteiger partial charge in [0.1, 0.15) is 4.99 Å². The summed E-state index contributed by atoms with van der Waals surface area (Å²) in [6.45, 7) is 0.256. The van der Waals surface area contributed by atoms with Crippen LogP contribution in [0.1, 0.15) is 5.56 Å².